The molecule has 0 amide bonds. The Bertz CT molecular complexity index is 548. The average molecular weight is 244 g/mol. The van der Waals surface area contributed by atoms with Gasteiger partial charge in [-0.15, -0.1) is 5.10 Å². The maximum Gasteiger partial charge on any atom is 0.261 e. The number of hydrogen-bond acceptors (Lipinski definition) is 4. The second kappa shape index (κ2) is 3.63. The molecule has 1 aromatic carbocycles. The number of hydrogen-bond donors (Lipinski definition) is 0. The highest BCUT2D eigenvalue weighted by Gasteiger charge is 2.09. The summed E-state index contributed by atoms with van der Waals surface area (Å²) < 4.78 is 23.4. The van der Waals surface area contributed by atoms with Gasteiger partial charge < -0.3 is 0 Å². The summed E-state index contributed by atoms with van der Waals surface area (Å²) in [4.78, 5) is 0.0630. The molecule has 0 aliphatic carbocycles. The Labute approximate surface area is 90.7 Å². The van der Waals surface area contributed by atoms with Gasteiger partial charge in [-0.05, 0) is 24.3 Å². The zero-order valence-corrected chi connectivity index (χ0v) is 8.98. The minimum absolute atomic E-state index is 0.0630. The van der Waals surface area contributed by atoms with Gasteiger partial charge in [-0.2, -0.15) is 0 Å². The Morgan fingerprint density at radius 1 is 1.20 bits per heavy atom. The Morgan fingerprint density at radius 2 is 1.87 bits per heavy atom. The second-order valence-electron chi connectivity index (χ2n) is 2.78. The van der Waals surface area contributed by atoms with E-state index in [9.17, 15) is 8.42 Å². The van der Waals surface area contributed by atoms with Crippen LogP contribution in [0.25, 0.3) is 5.69 Å². The quantitative estimate of drug-likeness (QED) is 0.744. The molecule has 0 aliphatic rings. The predicted molar refractivity (Wildman–Crippen MR) is 54.4 cm³/mol. The molecule has 78 valence electrons. The van der Waals surface area contributed by atoms with Crippen molar-refractivity contribution in [1.82, 2.24) is 15.0 Å². The Hall–Kier alpha value is -1.40. The smallest absolute Gasteiger partial charge is 0.221 e. The van der Waals surface area contributed by atoms with Crippen LogP contribution in [0.4, 0.5) is 0 Å². The molecule has 2 aromatic rings. The van der Waals surface area contributed by atoms with E-state index in [0.717, 1.165) is 5.69 Å². The highest BCUT2D eigenvalue weighted by atomic mass is 35.7. The van der Waals surface area contributed by atoms with Gasteiger partial charge >= 0.3 is 0 Å². The second-order valence-corrected chi connectivity index (χ2v) is 5.35. The van der Waals surface area contributed by atoms with Crippen LogP contribution in [0.3, 0.4) is 0 Å². The van der Waals surface area contributed by atoms with Crippen LogP contribution in [0.15, 0.2) is 41.6 Å². The van der Waals surface area contributed by atoms with Crippen molar-refractivity contribution in [1.29, 1.82) is 0 Å². The lowest BCUT2D eigenvalue weighted by molar-refractivity contribution is 0.609. The molecular formula is C8H6ClN3O2S. The molecular weight excluding hydrogens is 238 g/mol. The molecule has 0 atom stereocenters. The van der Waals surface area contributed by atoms with Gasteiger partial charge in [0.1, 0.15) is 0 Å². The lowest BCUT2D eigenvalue weighted by atomic mass is 10.3. The van der Waals surface area contributed by atoms with E-state index >= 15 is 0 Å². The average Bonchev–Trinajstić information content (AvgIpc) is 2.69. The van der Waals surface area contributed by atoms with E-state index in [4.69, 9.17) is 10.7 Å². The van der Waals surface area contributed by atoms with Crippen molar-refractivity contribution in [2.45, 2.75) is 4.90 Å². The van der Waals surface area contributed by atoms with Crippen LogP contribution in [-0.2, 0) is 9.05 Å². The van der Waals surface area contributed by atoms with Gasteiger partial charge in [-0.3, -0.25) is 0 Å². The van der Waals surface area contributed by atoms with Crippen molar-refractivity contribution in [3.05, 3.63) is 36.7 Å². The standard InChI is InChI=1S/C8H6ClN3O2S/c9-15(13,14)8-3-1-7(2-4-8)12-6-5-10-11-12/h1-6H. The summed E-state index contributed by atoms with van der Waals surface area (Å²) in [5.74, 6) is 0. The van der Waals surface area contributed by atoms with Crippen LogP contribution in [0.1, 0.15) is 0 Å². The van der Waals surface area contributed by atoms with Crippen LogP contribution < -0.4 is 0 Å². The summed E-state index contributed by atoms with van der Waals surface area (Å²) in [6, 6.07) is 6.03. The maximum atomic E-state index is 11.0. The minimum atomic E-state index is -3.66. The van der Waals surface area contributed by atoms with E-state index < -0.39 is 9.05 Å². The van der Waals surface area contributed by atoms with Crippen LogP contribution in [0.2, 0.25) is 0 Å². The molecule has 0 unspecified atom stereocenters. The fourth-order valence-electron chi connectivity index (χ4n) is 1.11. The lowest BCUT2D eigenvalue weighted by Crippen LogP contribution is -1.96. The highest BCUT2D eigenvalue weighted by Crippen LogP contribution is 2.16. The topological polar surface area (TPSA) is 64.8 Å². The van der Waals surface area contributed by atoms with Crippen LogP contribution in [0, 0.1) is 0 Å². The van der Waals surface area contributed by atoms with Crippen molar-refractivity contribution in [2.75, 3.05) is 0 Å². The van der Waals surface area contributed by atoms with Crippen molar-refractivity contribution < 1.29 is 8.42 Å². The number of halogens is 1. The van der Waals surface area contributed by atoms with E-state index in [2.05, 4.69) is 10.3 Å². The van der Waals surface area contributed by atoms with Gasteiger partial charge in [0.05, 0.1) is 23.0 Å². The molecule has 15 heavy (non-hydrogen) atoms. The largest absolute Gasteiger partial charge is 0.261 e. The van der Waals surface area contributed by atoms with Crippen LogP contribution >= 0.6 is 10.7 Å². The summed E-state index contributed by atoms with van der Waals surface area (Å²) in [6.45, 7) is 0. The molecule has 0 saturated carbocycles. The monoisotopic (exact) mass is 243 g/mol. The number of aromatic nitrogens is 3. The van der Waals surface area contributed by atoms with E-state index in [1.54, 1.807) is 18.3 Å². The number of benzene rings is 1. The molecule has 2 rings (SSSR count). The summed E-state index contributed by atoms with van der Waals surface area (Å²) in [6.07, 6.45) is 3.19. The van der Waals surface area contributed by atoms with Gasteiger partial charge in [-0.25, -0.2) is 13.1 Å². The van der Waals surface area contributed by atoms with E-state index in [1.807, 2.05) is 0 Å². The van der Waals surface area contributed by atoms with Gasteiger partial charge in [0, 0.05) is 10.7 Å². The maximum absolute atomic E-state index is 11.0. The molecule has 1 aromatic heterocycles. The third-order valence-corrected chi connectivity index (χ3v) is 3.18. The summed E-state index contributed by atoms with van der Waals surface area (Å²) in [7, 11) is 1.51. The van der Waals surface area contributed by atoms with E-state index in [0.29, 0.717) is 0 Å². The molecule has 5 nitrogen and oxygen atoms in total. The zero-order chi connectivity index (χ0) is 10.9. The Kier molecular flexibility index (Phi) is 2.45. The molecule has 0 radical (unpaired) electrons. The van der Waals surface area contributed by atoms with Crippen molar-refractivity contribution in [3.63, 3.8) is 0 Å². The molecule has 0 N–H and O–H groups in total. The van der Waals surface area contributed by atoms with E-state index in [1.165, 1.54) is 23.0 Å². The first-order valence-corrected chi connectivity index (χ1v) is 6.30. The third kappa shape index (κ3) is 2.16. The number of rotatable bonds is 2. The first-order valence-electron chi connectivity index (χ1n) is 3.99. The van der Waals surface area contributed by atoms with Gasteiger partial charge in [0.2, 0.25) is 0 Å². The fourth-order valence-corrected chi connectivity index (χ4v) is 1.88. The molecule has 1 heterocycles. The fraction of sp³-hybridized carbons (Fsp3) is 0. The number of nitrogens with zero attached hydrogens (tertiary/aromatic N) is 3. The van der Waals surface area contributed by atoms with Gasteiger partial charge in [0.15, 0.2) is 0 Å². The first kappa shape index (κ1) is 10.1. The molecule has 0 fully saturated rings. The SMILES string of the molecule is O=S(=O)(Cl)c1ccc(-n2ccnn2)cc1. The normalized spacial score (nSPS) is 11.5. The Morgan fingerprint density at radius 3 is 2.33 bits per heavy atom. The van der Waals surface area contributed by atoms with Gasteiger partial charge in [0.25, 0.3) is 9.05 Å². The summed E-state index contributed by atoms with van der Waals surface area (Å²) >= 11 is 0. The summed E-state index contributed by atoms with van der Waals surface area (Å²) in [5, 5.41) is 7.40. The third-order valence-electron chi connectivity index (χ3n) is 1.81. The van der Waals surface area contributed by atoms with E-state index in [-0.39, 0.29) is 4.90 Å². The molecule has 0 aliphatic heterocycles. The van der Waals surface area contributed by atoms with Crippen molar-refractivity contribution in [3.8, 4) is 5.69 Å². The zero-order valence-electron chi connectivity index (χ0n) is 7.41. The molecule has 7 heteroatoms. The summed E-state index contributed by atoms with van der Waals surface area (Å²) in [5.41, 5.74) is 0.719. The molecule has 0 saturated heterocycles. The molecule has 0 spiro atoms. The van der Waals surface area contributed by atoms with Crippen molar-refractivity contribution >= 4 is 19.7 Å². The Balaban J connectivity index is 2.42. The van der Waals surface area contributed by atoms with Crippen molar-refractivity contribution in [2.24, 2.45) is 0 Å². The predicted octanol–water partition coefficient (Wildman–Crippen LogP) is 1.19. The first-order chi connectivity index (χ1) is 7.07. The van der Waals surface area contributed by atoms with Gasteiger partial charge in [-0.1, -0.05) is 5.21 Å². The lowest BCUT2D eigenvalue weighted by Gasteiger charge is -2.00. The molecule has 0 bridgehead atoms. The van der Waals surface area contributed by atoms with Crippen LogP contribution in [0.5, 0.6) is 0 Å². The highest BCUT2D eigenvalue weighted by molar-refractivity contribution is 8.13. The minimum Gasteiger partial charge on any atom is -0.221 e. The van der Waals surface area contributed by atoms with Crippen LogP contribution in [-0.4, -0.2) is 23.4 Å².